The second kappa shape index (κ2) is 6.35. The van der Waals surface area contributed by atoms with Crippen molar-refractivity contribution >= 4 is 38.7 Å². The van der Waals surface area contributed by atoms with Crippen molar-refractivity contribution in [2.75, 3.05) is 18.0 Å². The number of hydrogen-bond acceptors (Lipinski definition) is 3. The normalized spacial score (nSPS) is 10.5. The lowest BCUT2D eigenvalue weighted by Crippen LogP contribution is -2.30. The molecule has 0 aliphatic heterocycles. The molecule has 0 fully saturated rings. The minimum absolute atomic E-state index is 0.159. The molecule has 0 aliphatic rings. The molecule has 0 atom stereocenters. The Morgan fingerprint density at radius 2 is 2.05 bits per heavy atom. The molecule has 2 nitrogen and oxygen atoms in total. The number of ketones is 1. The number of aryl methyl sites for hydroxylation is 1. The van der Waals surface area contributed by atoms with Crippen LogP contribution >= 0.6 is 27.3 Å². The Balaban J connectivity index is 2.19. The van der Waals surface area contributed by atoms with Gasteiger partial charge < -0.3 is 4.90 Å². The molecule has 1 aromatic carbocycles. The van der Waals surface area contributed by atoms with Crippen molar-refractivity contribution in [1.29, 1.82) is 0 Å². The fourth-order valence-electron chi connectivity index (χ4n) is 2.02. The molecule has 2 rings (SSSR count). The van der Waals surface area contributed by atoms with Gasteiger partial charge in [-0.05, 0) is 52.9 Å². The number of hydrogen-bond donors (Lipinski definition) is 0. The Morgan fingerprint density at radius 1 is 1.32 bits per heavy atom. The molecule has 0 radical (unpaired) electrons. The van der Waals surface area contributed by atoms with E-state index in [2.05, 4.69) is 46.8 Å². The number of thiophene rings is 1. The van der Waals surface area contributed by atoms with Crippen molar-refractivity contribution in [2.24, 2.45) is 0 Å². The van der Waals surface area contributed by atoms with Crippen LogP contribution in [0, 0.1) is 6.92 Å². The lowest BCUT2D eigenvalue weighted by molar-refractivity contribution is 0.100. The highest BCUT2D eigenvalue weighted by molar-refractivity contribution is 9.10. The molecule has 1 aromatic heterocycles. The molecule has 0 aliphatic carbocycles. The molecular formula is C15H16BrNOS. The summed E-state index contributed by atoms with van der Waals surface area (Å²) in [6.45, 7) is 5.38. The van der Waals surface area contributed by atoms with E-state index in [1.54, 1.807) is 0 Å². The first-order valence-corrected chi connectivity index (χ1v) is 7.87. The molecular weight excluding hydrogens is 322 g/mol. The highest BCUT2D eigenvalue weighted by Crippen LogP contribution is 2.25. The van der Waals surface area contributed by atoms with Gasteiger partial charge in [0.2, 0.25) is 0 Å². The first kappa shape index (κ1) is 14.3. The number of nitrogens with zero attached hydrogens (tertiary/aromatic N) is 1. The van der Waals surface area contributed by atoms with E-state index in [0.29, 0.717) is 6.54 Å². The highest BCUT2D eigenvalue weighted by Gasteiger charge is 2.16. The maximum absolute atomic E-state index is 12.3. The summed E-state index contributed by atoms with van der Waals surface area (Å²) in [5, 5.41) is 1.93. The maximum atomic E-state index is 12.3. The van der Waals surface area contributed by atoms with E-state index >= 15 is 0 Å². The quantitative estimate of drug-likeness (QED) is 0.747. The molecule has 0 bridgehead atoms. The molecule has 19 heavy (non-hydrogen) atoms. The van der Waals surface area contributed by atoms with E-state index in [1.807, 2.05) is 23.6 Å². The average Bonchev–Trinajstić information content (AvgIpc) is 2.83. The van der Waals surface area contributed by atoms with Crippen LogP contribution in [0.15, 0.2) is 40.2 Å². The van der Waals surface area contributed by atoms with Crippen LogP contribution in [0.4, 0.5) is 5.69 Å². The van der Waals surface area contributed by atoms with Gasteiger partial charge in [-0.1, -0.05) is 18.2 Å². The summed E-state index contributed by atoms with van der Waals surface area (Å²) in [6, 6.07) is 10.1. The van der Waals surface area contributed by atoms with E-state index < -0.39 is 0 Å². The second-order valence-electron chi connectivity index (χ2n) is 4.32. The van der Waals surface area contributed by atoms with E-state index in [1.165, 1.54) is 16.9 Å². The summed E-state index contributed by atoms with van der Waals surface area (Å²) in [7, 11) is 0. The van der Waals surface area contributed by atoms with Crippen LogP contribution in [0.25, 0.3) is 0 Å². The van der Waals surface area contributed by atoms with Crippen molar-refractivity contribution in [3.8, 4) is 0 Å². The molecule has 2 aromatic rings. The van der Waals surface area contributed by atoms with E-state index in [0.717, 1.165) is 21.6 Å². The largest absolute Gasteiger partial charge is 0.364 e. The predicted octanol–water partition coefficient (Wildman–Crippen LogP) is 4.53. The van der Waals surface area contributed by atoms with Crippen LogP contribution in [0.2, 0.25) is 0 Å². The number of rotatable bonds is 5. The Morgan fingerprint density at radius 3 is 2.63 bits per heavy atom. The Labute approximate surface area is 126 Å². The number of carbonyl (C=O) groups is 1. The third kappa shape index (κ3) is 3.25. The molecule has 4 heteroatoms. The van der Waals surface area contributed by atoms with Gasteiger partial charge in [0.1, 0.15) is 0 Å². The van der Waals surface area contributed by atoms with Gasteiger partial charge in [-0.3, -0.25) is 4.79 Å². The third-order valence-electron chi connectivity index (χ3n) is 3.04. The van der Waals surface area contributed by atoms with E-state index in [-0.39, 0.29) is 5.78 Å². The number of likely N-dealkylation sites (N-methyl/N-ethyl adjacent to an activating group) is 1. The summed E-state index contributed by atoms with van der Waals surface area (Å²) in [4.78, 5) is 15.2. The predicted molar refractivity (Wildman–Crippen MR) is 85.4 cm³/mol. The fraction of sp³-hybridized carbons (Fsp3) is 0.267. The number of Topliss-reactive ketones (excluding diaryl/α,β-unsaturated/α-hetero) is 1. The minimum atomic E-state index is 0.159. The summed E-state index contributed by atoms with van der Waals surface area (Å²) < 4.78 is 0.892. The molecule has 100 valence electrons. The van der Waals surface area contributed by atoms with Crippen LogP contribution in [0.3, 0.4) is 0 Å². The Bertz CT molecular complexity index is 579. The summed E-state index contributed by atoms with van der Waals surface area (Å²) in [6.07, 6.45) is 0. The average molecular weight is 338 g/mol. The SMILES string of the molecule is CCN(CC(=O)c1sccc1Br)c1ccccc1C. The van der Waals surface area contributed by atoms with Gasteiger partial charge in [0, 0.05) is 16.7 Å². The molecule has 0 spiro atoms. The second-order valence-corrected chi connectivity index (χ2v) is 6.09. The zero-order chi connectivity index (χ0) is 13.8. The summed E-state index contributed by atoms with van der Waals surface area (Å²) >= 11 is 4.91. The van der Waals surface area contributed by atoms with Gasteiger partial charge in [0.05, 0.1) is 11.4 Å². The van der Waals surface area contributed by atoms with Gasteiger partial charge in [0.15, 0.2) is 5.78 Å². The van der Waals surface area contributed by atoms with Gasteiger partial charge in [0.25, 0.3) is 0 Å². The Kier molecular flexibility index (Phi) is 4.77. The maximum Gasteiger partial charge on any atom is 0.193 e. The van der Waals surface area contributed by atoms with Crippen LogP contribution < -0.4 is 4.90 Å². The van der Waals surface area contributed by atoms with Crippen molar-refractivity contribution in [3.05, 3.63) is 50.6 Å². The summed E-state index contributed by atoms with van der Waals surface area (Å²) in [5.74, 6) is 0.159. The van der Waals surface area contributed by atoms with Gasteiger partial charge in [-0.25, -0.2) is 0 Å². The highest BCUT2D eigenvalue weighted by atomic mass is 79.9. The lowest BCUT2D eigenvalue weighted by atomic mass is 10.1. The van der Waals surface area contributed by atoms with E-state index in [4.69, 9.17) is 0 Å². The zero-order valence-electron chi connectivity index (χ0n) is 11.0. The molecule has 0 saturated heterocycles. The smallest absolute Gasteiger partial charge is 0.193 e. The number of carbonyl (C=O) groups excluding carboxylic acids is 1. The number of halogens is 1. The first-order valence-electron chi connectivity index (χ1n) is 6.20. The topological polar surface area (TPSA) is 20.3 Å². The van der Waals surface area contributed by atoms with Gasteiger partial charge in [-0.15, -0.1) is 11.3 Å². The van der Waals surface area contributed by atoms with Gasteiger partial charge in [-0.2, -0.15) is 0 Å². The van der Waals surface area contributed by atoms with Crippen LogP contribution in [0.1, 0.15) is 22.2 Å². The Hall–Kier alpha value is -1.13. The van der Waals surface area contributed by atoms with Crippen molar-refractivity contribution in [3.63, 3.8) is 0 Å². The number of para-hydroxylation sites is 1. The standard InChI is InChI=1S/C15H16BrNOS/c1-3-17(13-7-5-4-6-11(13)2)10-14(18)15-12(16)8-9-19-15/h4-9H,3,10H2,1-2H3. The molecule has 1 heterocycles. The molecule has 0 saturated carbocycles. The number of benzene rings is 1. The summed E-state index contributed by atoms with van der Waals surface area (Å²) in [5.41, 5.74) is 2.33. The van der Waals surface area contributed by atoms with E-state index in [9.17, 15) is 4.79 Å². The van der Waals surface area contributed by atoms with Crippen LogP contribution in [-0.4, -0.2) is 18.9 Å². The monoisotopic (exact) mass is 337 g/mol. The zero-order valence-corrected chi connectivity index (χ0v) is 13.4. The van der Waals surface area contributed by atoms with Crippen molar-refractivity contribution in [2.45, 2.75) is 13.8 Å². The minimum Gasteiger partial charge on any atom is -0.364 e. The molecule has 0 amide bonds. The van der Waals surface area contributed by atoms with Crippen LogP contribution in [-0.2, 0) is 0 Å². The number of anilines is 1. The lowest BCUT2D eigenvalue weighted by Gasteiger charge is -2.24. The van der Waals surface area contributed by atoms with Crippen molar-refractivity contribution < 1.29 is 4.79 Å². The van der Waals surface area contributed by atoms with Crippen LogP contribution in [0.5, 0.6) is 0 Å². The molecule has 0 N–H and O–H groups in total. The molecule has 0 unspecified atom stereocenters. The van der Waals surface area contributed by atoms with Crippen molar-refractivity contribution in [1.82, 2.24) is 0 Å². The third-order valence-corrected chi connectivity index (χ3v) is 4.92. The first-order chi connectivity index (χ1) is 9.13. The fourth-order valence-corrected chi connectivity index (χ4v) is 3.55. The van der Waals surface area contributed by atoms with Gasteiger partial charge >= 0.3 is 0 Å².